The van der Waals surface area contributed by atoms with Gasteiger partial charge >= 0.3 is 0 Å². The van der Waals surface area contributed by atoms with E-state index in [2.05, 4.69) is 22.2 Å². The highest BCUT2D eigenvalue weighted by Gasteiger charge is 2.22. The van der Waals surface area contributed by atoms with Crippen LogP contribution in [0.25, 0.3) is 0 Å². The van der Waals surface area contributed by atoms with Crippen molar-refractivity contribution in [2.75, 3.05) is 31.1 Å². The van der Waals surface area contributed by atoms with E-state index in [0.717, 1.165) is 49.7 Å². The topological polar surface area (TPSA) is 53.3 Å². The summed E-state index contributed by atoms with van der Waals surface area (Å²) in [6, 6.07) is 6.76. The molecule has 1 fully saturated rings. The Bertz CT molecular complexity index is 698. The summed E-state index contributed by atoms with van der Waals surface area (Å²) < 4.78 is 14.9. The van der Waals surface area contributed by atoms with Gasteiger partial charge in [-0.3, -0.25) is 4.68 Å². The molecule has 1 saturated heterocycles. The first kappa shape index (κ1) is 17.9. The van der Waals surface area contributed by atoms with Gasteiger partial charge in [0.2, 0.25) is 0 Å². The number of hydrogen-bond acceptors (Lipinski definition) is 4. The Balaban J connectivity index is 1.49. The minimum atomic E-state index is -0.186. The third-order valence-electron chi connectivity index (χ3n) is 5.06. The van der Waals surface area contributed by atoms with Crippen LogP contribution in [0.4, 0.5) is 10.1 Å². The summed E-state index contributed by atoms with van der Waals surface area (Å²) >= 11 is 0. The third-order valence-corrected chi connectivity index (χ3v) is 5.06. The molecule has 1 atom stereocenters. The molecular weight excluding hydrogens is 319 g/mol. The molecule has 1 aliphatic rings. The largest absolute Gasteiger partial charge is 0.394 e. The molecule has 2 aromatic rings. The van der Waals surface area contributed by atoms with Crippen molar-refractivity contribution in [2.45, 2.75) is 33.4 Å². The number of nitrogens with zero attached hydrogens (tertiary/aromatic N) is 3. The van der Waals surface area contributed by atoms with Crippen LogP contribution in [0.1, 0.15) is 23.4 Å². The number of halogens is 1. The summed E-state index contributed by atoms with van der Waals surface area (Å²) in [5.41, 5.74) is 4.47. The number of aliphatic hydroxyl groups is 1. The molecule has 2 heterocycles. The number of rotatable bonds is 7. The normalized spacial score (nSPS) is 17.4. The number of nitrogens with one attached hydrogen (secondary N) is 1. The Labute approximate surface area is 148 Å². The Morgan fingerprint density at radius 2 is 2.04 bits per heavy atom. The highest BCUT2D eigenvalue weighted by atomic mass is 19.1. The standard InChI is InChI=1S/C19H27FN4O/c1-14-19(15(2)24(22-14)9-10-25)12-21-11-16-7-8-23(13-16)18-5-3-17(20)4-6-18/h3-6,16,21,25H,7-13H2,1-2H3. The molecule has 0 aliphatic carbocycles. The molecule has 0 spiro atoms. The van der Waals surface area contributed by atoms with E-state index < -0.39 is 0 Å². The van der Waals surface area contributed by atoms with Crippen LogP contribution in [0.3, 0.4) is 0 Å². The van der Waals surface area contributed by atoms with Gasteiger partial charge < -0.3 is 15.3 Å². The number of aliphatic hydroxyl groups excluding tert-OH is 1. The van der Waals surface area contributed by atoms with Crippen LogP contribution in [0, 0.1) is 25.6 Å². The predicted molar refractivity (Wildman–Crippen MR) is 97.2 cm³/mol. The highest BCUT2D eigenvalue weighted by molar-refractivity contribution is 5.47. The van der Waals surface area contributed by atoms with Crippen molar-refractivity contribution in [2.24, 2.45) is 5.92 Å². The SMILES string of the molecule is Cc1nn(CCO)c(C)c1CNCC1CCN(c2ccc(F)cc2)C1. The fourth-order valence-corrected chi connectivity index (χ4v) is 3.59. The van der Waals surface area contributed by atoms with E-state index in [1.165, 1.54) is 17.7 Å². The molecule has 2 N–H and O–H groups in total. The quantitative estimate of drug-likeness (QED) is 0.807. The molecule has 5 nitrogen and oxygen atoms in total. The van der Waals surface area contributed by atoms with Crippen LogP contribution in [-0.4, -0.2) is 41.1 Å². The lowest BCUT2D eigenvalue weighted by molar-refractivity contribution is 0.267. The Hall–Kier alpha value is -1.92. The Morgan fingerprint density at radius 1 is 1.28 bits per heavy atom. The Morgan fingerprint density at radius 3 is 2.76 bits per heavy atom. The van der Waals surface area contributed by atoms with Crippen LogP contribution < -0.4 is 10.2 Å². The van der Waals surface area contributed by atoms with Crippen LogP contribution in [0.15, 0.2) is 24.3 Å². The average Bonchev–Trinajstić information content (AvgIpc) is 3.16. The van der Waals surface area contributed by atoms with Gasteiger partial charge in [0, 0.05) is 43.1 Å². The van der Waals surface area contributed by atoms with E-state index in [1.807, 2.05) is 23.7 Å². The maximum Gasteiger partial charge on any atom is 0.123 e. The maximum atomic E-state index is 13.0. The monoisotopic (exact) mass is 346 g/mol. The van der Waals surface area contributed by atoms with Gasteiger partial charge in [-0.05, 0) is 50.5 Å². The van der Waals surface area contributed by atoms with Crippen LogP contribution in [-0.2, 0) is 13.1 Å². The molecule has 1 unspecified atom stereocenters. The second-order valence-electron chi connectivity index (χ2n) is 6.80. The van der Waals surface area contributed by atoms with E-state index >= 15 is 0 Å². The molecule has 25 heavy (non-hydrogen) atoms. The van der Waals surface area contributed by atoms with Crippen molar-refractivity contribution < 1.29 is 9.50 Å². The number of hydrogen-bond donors (Lipinski definition) is 2. The van der Waals surface area contributed by atoms with Gasteiger partial charge in [-0.25, -0.2) is 4.39 Å². The minimum absolute atomic E-state index is 0.107. The smallest absolute Gasteiger partial charge is 0.123 e. The molecule has 3 rings (SSSR count). The minimum Gasteiger partial charge on any atom is -0.394 e. The zero-order chi connectivity index (χ0) is 17.8. The highest BCUT2D eigenvalue weighted by Crippen LogP contribution is 2.23. The first-order valence-electron chi connectivity index (χ1n) is 8.93. The summed E-state index contributed by atoms with van der Waals surface area (Å²) in [5, 5.41) is 17.1. The van der Waals surface area contributed by atoms with Crippen LogP contribution in [0.2, 0.25) is 0 Å². The van der Waals surface area contributed by atoms with Crippen molar-refractivity contribution in [3.05, 3.63) is 47.0 Å². The van der Waals surface area contributed by atoms with Crippen molar-refractivity contribution in [1.82, 2.24) is 15.1 Å². The zero-order valence-corrected chi connectivity index (χ0v) is 15.0. The van der Waals surface area contributed by atoms with Gasteiger partial charge in [-0.1, -0.05) is 0 Å². The second kappa shape index (κ2) is 7.97. The molecular formula is C19H27FN4O. The first-order chi connectivity index (χ1) is 12.1. The summed E-state index contributed by atoms with van der Waals surface area (Å²) in [6.07, 6.45) is 1.14. The average molecular weight is 346 g/mol. The van der Waals surface area contributed by atoms with Gasteiger partial charge in [0.05, 0.1) is 18.8 Å². The molecule has 136 valence electrons. The van der Waals surface area contributed by atoms with E-state index in [-0.39, 0.29) is 12.4 Å². The van der Waals surface area contributed by atoms with Crippen LogP contribution >= 0.6 is 0 Å². The fraction of sp³-hybridized carbons (Fsp3) is 0.526. The first-order valence-corrected chi connectivity index (χ1v) is 8.93. The summed E-state index contributed by atoms with van der Waals surface area (Å²) in [5.74, 6) is 0.409. The lowest BCUT2D eigenvalue weighted by atomic mass is 10.1. The van der Waals surface area contributed by atoms with Crippen molar-refractivity contribution in [3.8, 4) is 0 Å². The predicted octanol–water partition coefficient (Wildman–Crippen LogP) is 2.25. The van der Waals surface area contributed by atoms with Gasteiger partial charge in [0.1, 0.15) is 5.82 Å². The number of aromatic nitrogens is 2. The fourth-order valence-electron chi connectivity index (χ4n) is 3.59. The second-order valence-corrected chi connectivity index (χ2v) is 6.80. The van der Waals surface area contributed by atoms with E-state index in [1.54, 1.807) is 0 Å². The molecule has 0 radical (unpaired) electrons. The summed E-state index contributed by atoms with van der Waals surface area (Å²) in [6.45, 7) is 8.50. The lowest BCUT2D eigenvalue weighted by Gasteiger charge is -2.19. The zero-order valence-electron chi connectivity index (χ0n) is 15.0. The maximum absolute atomic E-state index is 13.0. The van der Waals surface area contributed by atoms with Gasteiger partial charge in [-0.15, -0.1) is 0 Å². The molecule has 6 heteroatoms. The van der Waals surface area contributed by atoms with Crippen LogP contribution in [0.5, 0.6) is 0 Å². The third kappa shape index (κ3) is 4.19. The molecule has 1 aliphatic heterocycles. The molecule has 0 saturated carbocycles. The van der Waals surface area contributed by atoms with Crippen molar-refractivity contribution in [3.63, 3.8) is 0 Å². The van der Waals surface area contributed by atoms with Gasteiger partial charge in [-0.2, -0.15) is 5.10 Å². The number of benzene rings is 1. The summed E-state index contributed by atoms with van der Waals surface area (Å²) in [7, 11) is 0. The van der Waals surface area contributed by atoms with E-state index in [9.17, 15) is 4.39 Å². The number of anilines is 1. The van der Waals surface area contributed by atoms with Crippen molar-refractivity contribution in [1.29, 1.82) is 0 Å². The number of aryl methyl sites for hydroxylation is 1. The Kier molecular flexibility index (Phi) is 5.71. The molecule has 1 aromatic heterocycles. The molecule has 0 bridgehead atoms. The van der Waals surface area contributed by atoms with Gasteiger partial charge in [0.25, 0.3) is 0 Å². The van der Waals surface area contributed by atoms with Gasteiger partial charge in [0.15, 0.2) is 0 Å². The molecule has 0 amide bonds. The van der Waals surface area contributed by atoms with E-state index in [0.29, 0.717) is 12.5 Å². The lowest BCUT2D eigenvalue weighted by Crippen LogP contribution is -2.26. The summed E-state index contributed by atoms with van der Waals surface area (Å²) in [4.78, 5) is 2.32. The molecule has 1 aromatic carbocycles. The van der Waals surface area contributed by atoms with Crippen molar-refractivity contribution >= 4 is 5.69 Å². The van der Waals surface area contributed by atoms with E-state index in [4.69, 9.17) is 5.11 Å².